The number of aromatic hydroxyl groups is 1. The molecule has 0 heterocycles. The summed E-state index contributed by atoms with van der Waals surface area (Å²) in [5.74, 6) is 1.47. The van der Waals surface area contributed by atoms with Crippen LogP contribution in [0.2, 0.25) is 0 Å². The molecule has 0 bridgehead atoms. The molecule has 0 atom stereocenters. The second-order valence-corrected chi connectivity index (χ2v) is 9.71. The van der Waals surface area contributed by atoms with Gasteiger partial charge in [-0.3, -0.25) is 4.79 Å². The van der Waals surface area contributed by atoms with E-state index in [9.17, 15) is 9.90 Å². The number of hydrogen-bond donors (Lipinski definition) is 1. The number of ether oxygens (including phenoxy) is 1. The van der Waals surface area contributed by atoms with Gasteiger partial charge in [0.25, 0.3) is 0 Å². The fraction of sp³-hybridized carbons (Fsp3) is 0.296. The predicted molar refractivity (Wildman–Crippen MR) is 122 cm³/mol. The van der Waals surface area contributed by atoms with Gasteiger partial charge in [-0.15, -0.1) is 0 Å². The number of carbonyl (C=O) groups is 1. The van der Waals surface area contributed by atoms with Crippen molar-refractivity contribution < 1.29 is 14.6 Å². The quantitative estimate of drug-likeness (QED) is 0.477. The third kappa shape index (κ3) is 4.91. The third-order valence-electron chi connectivity index (χ3n) is 5.13. The molecule has 0 unspecified atom stereocenters. The Balaban J connectivity index is 1.92. The Kier molecular flexibility index (Phi) is 5.76. The first kappa shape index (κ1) is 21.6. The van der Waals surface area contributed by atoms with Gasteiger partial charge in [0.15, 0.2) is 5.78 Å². The van der Waals surface area contributed by atoms with Crippen molar-refractivity contribution in [1.29, 1.82) is 0 Å². The molecule has 156 valence electrons. The van der Waals surface area contributed by atoms with Crippen LogP contribution in [-0.4, -0.2) is 10.9 Å². The smallest absolute Gasteiger partial charge is 0.193 e. The Morgan fingerprint density at radius 1 is 0.733 bits per heavy atom. The molecule has 0 aliphatic carbocycles. The monoisotopic (exact) mass is 402 g/mol. The fourth-order valence-electron chi connectivity index (χ4n) is 3.33. The molecule has 3 aromatic rings. The first-order chi connectivity index (χ1) is 13.9. The molecule has 3 aromatic carbocycles. The number of phenols is 1. The van der Waals surface area contributed by atoms with Crippen LogP contribution < -0.4 is 4.74 Å². The lowest BCUT2D eigenvalue weighted by atomic mass is 9.78. The van der Waals surface area contributed by atoms with Crippen LogP contribution in [0.15, 0.2) is 66.7 Å². The Bertz CT molecular complexity index is 1030. The third-order valence-corrected chi connectivity index (χ3v) is 5.13. The van der Waals surface area contributed by atoms with E-state index in [4.69, 9.17) is 4.74 Å². The van der Waals surface area contributed by atoms with E-state index in [2.05, 4.69) is 53.7 Å². The van der Waals surface area contributed by atoms with E-state index in [0.717, 1.165) is 16.7 Å². The van der Waals surface area contributed by atoms with E-state index in [0.29, 0.717) is 17.1 Å². The van der Waals surface area contributed by atoms with Gasteiger partial charge >= 0.3 is 0 Å². The van der Waals surface area contributed by atoms with E-state index in [1.165, 1.54) is 0 Å². The maximum Gasteiger partial charge on any atom is 0.193 e. The molecule has 0 saturated heterocycles. The highest BCUT2D eigenvalue weighted by Crippen LogP contribution is 2.32. The number of carbonyl (C=O) groups excluding carboxylic acids is 1. The minimum atomic E-state index is -0.136. The number of rotatable bonds is 4. The predicted octanol–water partition coefficient (Wildman–Crippen LogP) is 7.01. The zero-order chi connectivity index (χ0) is 22.1. The van der Waals surface area contributed by atoms with E-state index in [1.807, 2.05) is 6.07 Å². The second kappa shape index (κ2) is 7.98. The lowest BCUT2D eigenvalue weighted by Crippen LogP contribution is -2.20. The number of phenolic OH excluding ortho intramolecular Hbond substituents is 1. The van der Waals surface area contributed by atoms with Gasteiger partial charge in [0.1, 0.15) is 17.2 Å². The molecular weight excluding hydrogens is 372 g/mol. The van der Waals surface area contributed by atoms with Gasteiger partial charge in [-0.25, -0.2) is 0 Å². The van der Waals surface area contributed by atoms with Crippen LogP contribution in [0, 0.1) is 0 Å². The summed E-state index contributed by atoms with van der Waals surface area (Å²) in [6.45, 7) is 12.9. The number of ketones is 1. The summed E-state index contributed by atoms with van der Waals surface area (Å²) in [7, 11) is 0. The Hall–Kier alpha value is -3.07. The average molecular weight is 403 g/mol. The summed E-state index contributed by atoms with van der Waals surface area (Å²) < 4.78 is 5.79. The van der Waals surface area contributed by atoms with Crippen LogP contribution in [0.25, 0.3) is 0 Å². The van der Waals surface area contributed by atoms with Gasteiger partial charge in [0, 0.05) is 11.1 Å². The highest BCUT2D eigenvalue weighted by Gasteiger charge is 2.25. The molecule has 0 saturated carbocycles. The Labute approximate surface area is 179 Å². The van der Waals surface area contributed by atoms with Crippen molar-refractivity contribution in [1.82, 2.24) is 0 Å². The van der Waals surface area contributed by atoms with E-state index in [1.54, 1.807) is 48.5 Å². The molecule has 0 amide bonds. The molecular formula is C27H30O3. The SMILES string of the molecule is CC(C)(C)c1ccc(C(C)(C)C)c(C(=O)c2ccc(Oc3ccc(O)cc3)cc2)c1. The molecule has 0 fully saturated rings. The highest BCUT2D eigenvalue weighted by atomic mass is 16.5. The lowest BCUT2D eigenvalue weighted by molar-refractivity contribution is 0.103. The minimum Gasteiger partial charge on any atom is -0.508 e. The van der Waals surface area contributed by atoms with E-state index in [-0.39, 0.29) is 22.4 Å². The molecule has 3 rings (SSSR count). The molecule has 0 spiro atoms. The number of benzene rings is 3. The van der Waals surface area contributed by atoms with Crippen molar-refractivity contribution in [2.24, 2.45) is 0 Å². The first-order valence-electron chi connectivity index (χ1n) is 10.2. The van der Waals surface area contributed by atoms with Crippen LogP contribution >= 0.6 is 0 Å². The maximum absolute atomic E-state index is 13.4. The Morgan fingerprint density at radius 2 is 1.27 bits per heavy atom. The van der Waals surface area contributed by atoms with Crippen LogP contribution in [0.5, 0.6) is 17.2 Å². The van der Waals surface area contributed by atoms with Crippen molar-refractivity contribution in [2.45, 2.75) is 52.4 Å². The van der Waals surface area contributed by atoms with Gasteiger partial charge in [0.05, 0.1) is 0 Å². The summed E-state index contributed by atoms with van der Waals surface area (Å²) >= 11 is 0. The summed E-state index contributed by atoms with van der Waals surface area (Å²) in [5.41, 5.74) is 3.40. The van der Waals surface area contributed by atoms with E-state index < -0.39 is 0 Å². The minimum absolute atomic E-state index is 0.0159. The molecule has 0 aromatic heterocycles. The van der Waals surface area contributed by atoms with Gasteiger partial charge in [-0.2, -0.15) is 0 Å². The zero-order valence-corrected chi connectivity index (χ0v) is 18.6. The molecule has 3 nitrogen and oxygen atoms in total. The molecule has 0 radical (unpaired) electrons. The normalized spacial score (nSPS) is 11.9. The van der Waals surface area contributed by atoms with Crippen molar-refractivity contribution in [2.75, 3.05) is 0 Å². The van der Waals surface area contributed by atoms with Crippen LogP contribution in [-0.2, 0) is 10.8 Å². The summed E-state index contributed by atoms with van der Waals surface area (Å²) in [6.07, 6.45) is 0. The molecule has 0 aliphatic heterocycles. The van der Waals surface area contributed by atoms with Crippen LogP contribution in [0.4, 0.5) is 0 Å². The summed E-state index contributed by atoms with van der Waals surface area (Å²) in [6, 6.07) is 20.0. The second-order valence-electron chi connectivity index (χ2n) is 9.71. The fourth-order valence-corrected chi connectivity index (χ4v) is 3.33. The summed E-state index contributed by atoms with van der Waals surface area (Å²) in [4.78, 5) is 13.4. The lowest BCUT2D eigenvalue weighted by Gasteiger charge is -2.26. The van der Waals surface area contributed by atoms with Crippen LogP contribution in [0.3, 0.4) is 0 Å². The van der Waals surface area contributed by atoms with Gasteiger partial charge in [-0.1, -0.05) is 53.7 Å². The largest absolute Gasteiger partial charge is 0.508 e. The first-order valence-corrected chi connectivity index (χ1v) is 10.2. The van der Waals surface area contributed by atoms with E-state index >= 15 is 0 Å². The zero-order valence-electron chi connectivity index (χ0n) is 18.6. The van der Waals surface area contributed by atoms with Gasteiger partial charge in [0.2, 0.25) is 0 Å². The Morgan fingerprint density at radius 3 is 1.77 bits per heavy atom. The van der Waals surface area contributed by atoms with Gasteiger partial charge in [-0.05, 0) is 76.6 Å². The van der Waals surface area contributed by atoms with Crippen molar-refractivity contribution in [3.63, 3.8) is 0 Å². The van der Waals surface area contributed by atoms with Crippen molar-refractivity contribution >= 4 is 5.78 Å². The summed E-state index contributed by atoms with van der Waals surface area (Å²) in [5, 5.41) is 9.38. The van der Waals surface area contributed by atoms with Crippen LogP contribution in [0.1, 0.15) is 68.6 Å². The standard InChI is InChI=1S/C27H30O3/c1-26(2,3)19-9-16-24(27(4,5)6)23(17-19)25(29)18-7-12-21(13-8-18)30-22-14-10-20(28)11-15-22/h7-17,28H,1-6H3. The molecule has 3 heteroatoms. The molecule has 30 heavy (non-hydrogen) atoms. The van der Waals surface area contributed by atoms with Gasteiger partial charge < -0.3 is 9.84 Å². The number of hydrogen-bond acceptors (Lipinski definition) is 3. The molecule has 1 N–H and O–H groups in total. The topological polar surface area (TPSA) is 46.5 Å². The maximum atomic E-state index is 13.4. The van der Waals surface area contributed by atoms with Crippen molar-refractivity contribution in [3.8, 4) is 17.2 Å². The molecule has 0 aliphatic rings. The average Bonchev–Trinajstić information content (AvgIpc) is 2.68. The van der Waals surface area contributed by atoms with Crippen molar-refractivity contribution in [3.05, 3.63) is 89.0 Å². The highest BCUT2D eigenvalue weighted by molar-refractivity contribution is 6.10.